The second kappa shape index (κ2) is 8.30. The SMILES string of the molecule is COc1ccc(-c2nc(SCc3ccccc3Cl)[nH]c(=O)c2C#N)cc1C. The first kappa shape index (κ1) is 19.0. The molecule has 0 unspecified atom stereocenters. The fourth-order valence-electron chi connectivity index (χ4n) is 2.62. The number of aromatic amines is 1. The van der Waals surface area contributed by atoms with Crippen molar-refractivity contribution in [1.82, 2.24) is 9.97 Å². The standard InChI is InChI=1S/C20H16ClN3O2S/c1-12-9-13(7-8-17(12)26-2)18-15(10-22)19(25)24-20(23-18)27-11-14-5-3-4-6-16(14)21/h3-9H,11H2,1-2H3,(H,23,24,25). The summed E-state index contributed by atoms with van der Waals surface area (Å²) < 4.78 is 5.27. The first-order valence-electron chi connectivity index (χ1n) is 8.09. The maximum absolute atomic E-state index is 12.4. The Bertz CT molecular complexity index is 1090. The zero-order chi connectivity index (χ0) is 19.4. The van der Waals surface area contributed by atoms with E-state index in [0.717, 1.165) is 16.9 Å². The van der Waals surface area contributed by atoms with Crippen LogP contribution in [0.15, 0.2) is 52.4 Å². The van der Waals surface area contributed by atoms with Crippen molar-refractivity contribution < 1.29 is 4.74 Å². The number of benzene rings is 2. The summed E-state index contributed by atoms with van der Waals surface area (Å²) in [5.74, 6) is 1.28. The number of rotatable bonds is 5. The molecular weight excluding hydrogens is 382 g/mol. The summed E-state index contributed by atoms with van der Waals surface area (Å²) in [7, 11) is 1.59. The van der Waals surface area contributed by atoms with Crippen molar-refractivity contribution in [3.05, 3.63) is 74.5 Å². The summed E-state index contributed by atoms with van der Waals surface area (Å²) in [6, 6.07) is 14.9. The molecular formula is C20H16ClN3O2S. The van der Waals surface area contributed by atoms with Gasteiger partial charge in [0.15, 0.2) is 5.16 Å². The first-order chi connectivity index (χ1) is 13.0. The Labute approximate surface area is 166 Å². The van der Waals surface area contributed by atoms with Gasteiger partial charge < -0.3 is 9.72 Å². The van der Waals surface area contributed by atoms with Crippen LogP contribution in [0.25, 0.3) is 11.3 Å². The molecule has 5 nitrogen and oxygen atoms in total. The number of halogens is 1. The average molecular weight is 398 g/mol. The maximum Gasteiger partial charge on any atom is 0.270 e. The molecule has 0 bridgehead atoms. The molecule has 0 saturated heterocycles. The van der Waals surface area contributed by atoms with Crippen molar-refractivity contribution in [2.45, 2.75) is 17.8 Å². The molecule has 0 amide bonds. The number of aromatic nitrogens is 2. The molecule has 0 saturated carbocycles. The van der Waals surface area contributed by atoms with Gasteiger partial charge in [0.2, 0.25) is 0 Å². The first-order valence-corrected chi connectivity index (χ1v) is 9.45. The minimum atomic E-state index is -0.461. The molecule has 1 N–H and O–H groups in total. The Balaban J connectivity index is 1.99. The molecule has 2 aromatic carbocycles. The second-order valence-electron chi connectivity index (χ2n) is 5.77. The quantitative estimate of drug-likeness (QED) is 0.504. The molecule has 0 atom stereocenters. The van der Waals surface area contributed by atoms with Gasteiger partial charge in [-0.3, -0.25) is 4.79 Å². The highest BCUT2D eigenvalue weighted by Gasteiger charge is 2.15. The topological polar surface area (TPSA) is 78.8 Å². The molecule has 0 aliphatic heterocycles. The van der Waals surface area contributed by atoms with Crippen molar-refractivity contribution in [3.63, 3.8) is 0 Å². The Morgan fingerprint density at radius 1 is 1.30 bits per heavy atom. The largest absolute Gasteiger partial charge is 0.496 e. The number of nitrogens with one attached hydrogen (secondary N) is 1. The molecule has 27 heavy (non-hydrogen) atoms. The van der Waals surface area contributed by atoms with Crippen LogP contribution in [0.2, 0.25) is 5.02 Å². The lowest BCUT2D eigenvalue weighted by molar-refractivity contribution is 0.412. The van der Waals surface area contributed by atoms with Crippen molar-refractivity contribution in [2.24, 2.45) is 0 Å². The monoisotopic (exact) mass is 397 g/mol. The predicted octanol–water partition coefficient (Wildman–Crippen LogP) is 4.57. The molecule has 0 radical (unpaired) electrons. The van der Waals surface area contributed by atoms with E-state index >= 15 is 0 Å². The van der Waals surface area contributed by atoms with Crippen LogP contribution in [-0.2, 0) is 5.75 Å². The van der Waals surface area contributed by atoms with Crippen LogP contribution < -0.4 is 10.3 Å². The molecule has 3 rings (SSSR count). The number of hydrogen-bond acceptors (Lipinski definition) is 5. The van der Waals surface area contributed by atoms with Gasteiger partial charge in [0, 0.05) is 16.3 Å². The smallest absolute Gasteiger partial charge is 0.270 e. The molecule has 0 fully saturated rings. The lowest BCUT2D eigenvalue weighted by Crippen LogP contribution is -2.14. The van der Waals surface area contributed by atoms with E-state index in [2.05, 4.69) is 9.97 Å². The van der Waals surface area contributed by atoms with Crippen LogP contribution in [0.5, 0.6) is 5.75 Å². The highest BCUT2D eigenvalue weighted by atomic mass is 35.5. The fraction of sp³-hybridized carbons (Fsp3) is 0.150. The molecule has 0 aliphatic rings. The van der Waals surface area contributed by atoms with Crippen LogP contribution in [-0.4, -0.2) is 17.1 Å². The Morgan fingerprint density at radius 2 is 2.07 bits per heavy atom. The fourth-order valence-corrected chi connectivity index (χ4v) is 3.77. The van der Waals surface area contributed by atoms with Gasteiger partial charge in [-0.05, 0) is 42.3 Å². The molecule has 1 aromatic heterocycles. The van der Waals surface area contributed by atoms with E-state index in [1.165, 1.54) is 11.8 Å². The third-order valence-electron chi connectivity index (χ3n) is 4.00. The number of aryl methyl sites for hydroxylation is 1. The summed E-state index contributed by atoms with van der Waals surface area (Å²) >= 11 is 7.54. The van der Waals surface area contributed by atoms with Crippen LogP contribution in [0.1, 0.15) is 16.7 Å². The third kappa shape index (κ3) is 4.16. The van der Waals surface area contributed by atoms with Crippen molar-refractivity contribution >= 4 is 23.4 Å². The summed E-state index contributed by atoms with van der Waals surface area (Å²) in [5.41, 5.74) is 2.41. The maximum atomic E-state index is 12.4. The number of nitriles is 1. The summed E-state index contributed by atoms with van der Waals surface area (Å²) in [4.78, 5) is 19.6. The lowest BCUT2D eigenvalue weighted by atomic mass is 10.0. The van der Waals surface area contributed by atoms with Crippen LogP contribution in [0.4, 0.5) is 0 Å². The summed E-state index contributed by atoms with van der Waals surface area (Å²) in [6.45, 7) is 1.90. The van der Waals surface area contributed by atoms with E-state index < -0.39 is 5.56 Å². The average Bonchev–Trinajstić information content (AvgIpc) is 2.67. The Kier molecular flexibility index (Phi) is 5.84. The van der Waals surface area contributed by atoms with Gasteiger partial charge in [-0.15, -0.1) is 0 Å². The van der Waals surface area contributed by atoms with E-state index in [4.69, 9.17) is 16.3 Å². The zero-order valence-corrected chi connectivity index (χ0v) is 16.3. The van der Waals surface area contributed by atoms with E-state index in [1.54, 1.807) is 19.2 Å². The number of thioether (sulfide) groups is 1. The number of H-pyrrole nitrogens is 1. The van der Waals surface area contributed by atoms with Gasteiger partial charge in [0.05, 0.1) is 12.8 Å². The number of methoxy groups -OCH3 is 1. The highest BCUT2D eigenvalue weighted by molar-refractivity contribution is 7.98. The molecule has 1 heterocycles. The minimum Gasteiger partial charge on any atom is -0.496 e. The van der Waals surface area contributed by atoms with Gasteiger partial charge >= 0.3 is 0 Å². The second-order valence-corrected chi connectivity index (χ2v) is 7.14. The predicted molar refractivity (Wildman–Crippen MR) is 107 cm³/mol. The van der Waals surface area contributed by atoms with Gasteiger partial charge in [-0.1, -0.05) is 41.6 Å². The Hall–Kier alpha value is -2.75. The van der Waals surface area contributed by atoms with E-state index in [1.807, 2.05) is 43.3 Å². The van der Waals surface area contributed by atoms with Gasteiger partial charge in [0.1, 0.15) is 17.4 Å². The number of hydrogen-bond donors (Lipinski definition) is 1. The van der Waals surface area contributed by atoms with Crippen LogP contribution in [0.3, 0.4) is 0 Å². The Morgan fingerprint density at radius 3 is 2.74 bits per heavy atom. The van der Waals surface area contributed by atoms with Crippen molar-refractivity contribution in [3.8, 4) is 23.1 Å². The van der Waals surface area contributed by atoms with E-state index in [0.29, 0.717) is 27.2 Å². The van der Waals surface area contributed by atoms with Gasteiger partial charge in [0.25, 0.3) is 5.56 Å². The van der Waals surface area contributed by atoms with Crippen LogP contribution in [0, 0.1) is 18.3 Å². The minimum absolute atomic E-state index is 0.0124. The van der Waals surface area contributed by atoms with Gasteiger partial charge in [-0.25, -0.2) is 4.98 Å². The normalized spacial score (nSPS) is 10.4. The number of ether oxygens (including phenoxy) is 1. The molecule has 136 valence electrons. The van der Waals surface area contributed by atoms with Gasteiger partial charge in [-0.2, -0.15) is 5.26 Å². The van der Waals surface area contributed by atoms with Crippen LogP contribution >= 0.6 is 23.4 Å². The highest BCUT2D eigenvalue weighted by Crippen LogP contribution is 2.29. The lowest BCUT2D eigenvalue weighted by Gasteiger charge is -2.10. The molecule has 0 spiro atoms. The number of nitrogens with zero attached hydrogens (tertiary/aromatic N) is 2. The van der Waals surface area contributed by atoms with E-state index in [9.17, 15) is 10.1 Å². The summed E-state index contributed by atoms with van der Waals surface area (Å²) in [5, 5.41) is 10.5. The third-order valence-corrected chi connectivity index (χ3v) is 5.29. The molecule has 7 heteroatoms. The van der Waals surface area contributed by atoms with E-state index in [-0.39, 0.29) is 5.56 Å². The zero-order valence-electron chi connectivity index (χ0n) is 14.7. The van der Waals surface area contributed by atoms with Crippen molar-refractivity contribution in [1.29, 1.82) is 5.26 Å². The van der Waals surface area contributed by atoms with Crippen molar-refractivity contribution in [2.75, 3.05) is 7.11 Å². The molecule has 0 aliphatic carbocycles. The molecule has 3 aromatic rings. The summed E-state index contributed by atoms with van der Waals surface area (Å²) in [6.07, 6.45) is 0.